The summed E-state index contributed by atoms with van der Waals surface area (Å²) in [5.74, 6) is 0.851. The van der Waals surface area contributed by atoms with Gasteiger partial charge in [-0.3, -0.25) is 0 Å². The van der Waals surface area contributed by atoms with Crippen molar-refractivity contribution in [3.05, 3.63) is 212 Å². The molecule has 9 aromatic carbocycles. The predicted molar refractivity (Wildman–Crippen MR) is 228 cm³/mol. The van der Waals surface area contributed by atoms with Gasteiger partial charge in [-0.1, -0.05) is 170 Å². The van der Waals surface area contributed by atoms with Crippen molar-refractivity contribution >= 4 is 49.6 Å². The Morgan fingerprint density at radius 3 is 1.59 bits per heavy atom. The molecule has 254 valence electrons. The highest BCUT2D eigenvalue weighted by molar-refractivity contribution is 6.14. The number of para-hydroxylation sites is 1. The number of benzene rings is 9. The minimum absolute atomic E-state index is 0.851. The first-order valence-electron chi connectivity index (χ1n) is 18.4. The van der Waals surface area contributed by atoms with Gasteiger partial charge in [-0.25, -0.2) is 0 Å². The summed E-state index contributed by atoms with van der Waals surface area (Å²) < 4.78 is 6.36. The smallest absolute Gasteiger partial charge is 0.135 e. The molecule has 2 heteroatoms. The number of fused-ring (bicyclic) bond motifs is 4. The highest BCUT2D eigenvalue weighted by atomic mass is 16.3. The largest absolute Gasteiger partial charge is 0.456 e. The molecule has 1 aromatic heterocycles. The van der Waals surface area contributed by atoms with Crippen LogP contribution in [-0.2, 0) is 0 Å². The molecule has 54 heavy (non-hydrogen) atoms. The molecule has 0 aliphatic carbocycles. The van der Waals surface area contributed by atoms with Crippen molar-refractivity contribution in [1.82, 2.24) is 0 Å². The molecule has 1 heterocycles. The summed E-state index contributed by atoms with van der Waals surface area (Å²) in [6.45, 7) is 0. The van der Waals surface area contributed by atoms with Gasteiger partial charge in [-0.05, 0) is 92.0 Å². The Bertz CT molecular complexity index is 2910. The van der Waals surface area contributed by atoms with E-state index in [-0.39, 0.29) is 0 Å². The third-order valence-corrected chi connectivity index (χ3v) is 10.5. The van der Waals surface area contributed by atoms with Crippen LogP contribution in [0.2, 0.25) is 0 Å². The lowest BCUT2D eigenvalue weighted by Gasteiger charge is -2.28. The lowest BCUT2D eigenvalue weighted by molar-refractivity contribution is 0.631. The highest BCUT2D eigenvalue weighted by Gasteiger charge is 2.19. The van der Waals surface area contributed by atoms with Crippen LogP contribution in [0.3, 0.4) is 0 Å². The summed E-state index contributed by atoms with van der Waals surface area (Å²) in [7, 11) is 0. The van der Waals surface area contributed by atoms with Crippen molar-refractivity contribution in [3.63, 3.8) is 0 Å². The fourth-order valence-electron chi connectivity index (χ4n) is 7.92. The molecule has 0 amide bonds. The first-order chi connectivity index (χ1) is 26.8. The maximum absolute atomic E-state index is 6.36. The standard InChI is InChI=1S/C52H35NO/c1-2-15-36(16-3-1)43-21-7-9-24-46(43)47-25-10-8-22-44(47)37-29-31-41(32-30-37)53(50-34-38-17-4-6-23-45(38)48-26-11-12-27-49(48)50)42-20-14-19-39(33-42)52-35-40-18-5-13-28-51(40)54-52/h1-35H. The molecule has 0 unspecified atom stereocenters. The highest BCUT2D eigenvalue weighted by Crippen LogP contribution is 2.44. The molecule has 0 fully saturated rings. The van der Waals surface area contributed by atoms with Crippen molar-refractivity contribution in [2.24, 2.45) is 0 Å². The summed E-state index contributed by atoms with van der Waals surface area (Å²) in [6, 6.07) is 75.9. The van der Waals surface area contributed by atoms with Gasteiger partial charge < -0.3 is 9.32 Å². The average molecular weight is 690 g/mol. The van der Waals surface area contributed by atoms with E-state index in [1.807, 2.05) is 12.1 Å². The van der Waals surface area contributed by atoms with Gasteiger partial charge in [0.2, 0.25) is 0 Å². The van der Waals surface area contributed by atoms with Crippen molar-refractivity contribution in [1.29, 1.82) is 0 Å². The molecule has 10 rings (SSSR count). The zero-order chi connectivity index (χ0) is 35.8. The molecule has 0 atom stereocenters. The molecular weight excluding hydrogens is 655 g/mol. The minimum Gasteiger partial charge on any atom is -0.456 e. The molecular formula is C52H35NO. The molecule has 0 N–H and O–H groups in total. The number of hydrogen-bond acceptors (Lipinski definition) is 2. The second-order valence-electron chi connectivity index (χ2n) is 13.7. The van der Waals surface area contributed by atoms with Crippen molar-refractivity contribution in [2.45, 2.75) is 0 Å². The number of anilines is 3. The van der Waals surface area contributed by atoms with Gasteiger partial charge in [0.05, 0.1) is 5.69 Å². The van der Waals surface area contributed by atoms with Crippen LogP contribution in [0.25, 0.3) is 77.2 Å². The Labute approximate surface area is 314 Å². The lowest BCUT2D eigenvalue weighted by Crippen LogP contribution is -2.10. The van der Waals surface area contributed by atoms with E-state index < -0.39 is 0 Å². The summed E-state index contributed by atoms with van der Waals surface area (Å²) in [6.07, 6.45) is 0. The van der Waals surface area contributed by atoms with Crippen LogP contribution in [0.4, 0.5) is 17.1 Å². The summed E-state index contributed by atoms with van der Waals surface area (Å²) in [4.78, 5) is 2.39. The molecule has 0 spiro atoms. The second-order valence-corrected chi connectivity index (χ2v) is 13.7. The molecule has 0 saturated heterocycles. The zero-order valence-electron chi connectivity index (χ0n) is 29.6. The van der Waals surface area contributed by atoms with Gasteiger partial charge >= 0.3 is 0 Å². The van der Waals surface area contributed by atoms with Crippen LogP contribution in [0.5, 0.6) is 0 Å². The van der Waals surface area contributed by atoms with E-state index in [1.165, 1.54) is 49.4 Å². The third kappa shape index (κ3) is 5.62. The first kappa shape index (κ1) is 31.6. The van der Waals surface area contributed by atoms with E-state index in [2.05, 4.69) is 205 Å². The Morgan fingerprint density at radius 2 is 0.870 bits per heavy atom. The Hall–Kier alpha value is -7.16. The monoisotopic (exact) mass is 689 g/mol. The molecule has 0 aliphatic heterocycles. The van der Waals surface area contributed by atoms with Crippen LogP contribution in [-0.4, -0.2) is 0 Å². The number of nitrogens with zero attached hydrogens (tertiary/aromatic N) is 1. The Balaban J connectivity index is 1.13. The van der Waals surface area contributed by atoms with Crippen LogP contribution in [0.15, 0.2) is 217 Å². The second kappa shape index (κ2) is 13.4. The molecule has 0 radical (unpaired) electrons. The number of rotatable bonds is 7. The first-order valence-corrected chi connectivity index (χ1v) is 18.4. The van der Waals surface area contributed by atoms with E-state index in [1.54, 1.807) is 0 Å². The van der Waals surface area contributed by atoms with Gasteiger partial charge in [0, 0.05) is 27.7 Å². The van der Waals surface area contributed by atoms with Crippen LogP contribution in [0.1, 0.15) is 0 Å². The Kier molecular flexibility index (Phi) is 7.85. The Morgan fingerprint density at radius 1 is 0.315 bits per heavy atom. The van der Waals surface area contributed by atoms with Crippen LogP contribution < -0.4 is 4.90 Å². The predicted octanol–water partition coefficient (Wildman–Crippen LogP) is 14.9. The van der Waals surface area contributed by atoms with E-state index in [0.717, 1.165) is 44.9 Å². The molecule has 0 saturated carbocycles. The van der Waals surface area contributed by atoms with Gasteiger partial charge in [0.25, 0.3) is 0 Å². The number of furan rings is 1. The van der Waals surface area contributed by atoms with Gasteiger partial charge in [0.1, 0.15) is 11.3 Å². The van der Waals surface area contributed by atoms with E-state index in [4.69, 9.17) is 4.42 Å². The van der Waals surface area contributed by atoms with Crippen molar-refractivity contribution < 1.29 is 4.42 Å². The number of hydrogen-bond donors (Lipinski definition) is 0. The summed E-state index contributed by atoms with van der Waals surface area (Å²) >= 11 is 0. The topological polar surface area (TPSA) is 16.4 Å². The molecule has 2 nitrogen and oxygen atoms in total. The summed E-state index contributed by atoms with van der Waals surface area (Å²) in [5.41, 5.74) is 12.4. The average Bonchev–Trinajstić information content (AvgIpc) is 3.69. The minimum atomic E-state index is 0.851. The van der Waals surface area contributed by atoms with E-state index in [0.29, 0.717) is 0 Å². The fourth-order valence-corrected chi connectivity index (χ4v) is 7.92. The quantitative estimate of drug-likeness (QED) is 0.155. The zero-order valence-corrected chi connectivity index (χ0v) is 29.6. The maximum Gasteiger partial charge on any atom is 0.135 e. The van der Waals surface area contributed by atoms with Gasteiger partial charge in [-0.15, -0.1) is 0 Å². The SMILES string of the molecule is c1ccc(-c2ccccc2-c2ccccc2-c2ccc(N(c3cccc(-c4cc5ccccc5o4)c3)c3cc4ccccc4c4ccccc34)cc2)cc1. The van der Waals surface area contributed by atoms with E-state index in [9.17, 15) is 0 Å². The normalized spacial score (nSPS) is 11.3. The molecule has 10 aromatic rings. The maximum atomic E-state index is 6.36. The molecule has 0 aliphatic rings. The van der Waals surface area contributed by atoms with E-state index >= 15 is 0 Å². The summed E-state index contributed by atoms with van der Waals surface area (Å²) in [5, 5.41) is 5.96. The lowest BCUT2D eigenvalue weighted by atomic mass is 9.89. The third-order valence-electron chi connectivity index (χ3n) is 10.5. The van der Waals surface area contributed by atoms with Gasteiger partial charge in [0.15, 0.2) is 0 Å². The van der Waals surface area contributed by atoms with Gasteiger partial charge in [-0.2, -0.15) is 0 Å². The van der Waals surface area contributed by atoms with Crippen molar-refractivity contribution in [2.75, 3.05) is 4.90 Å². The fraction of sp³-hybridized carbons (Fsp3) is 0. The van der Waals surface area contributed by atoms with Crippen LogP contribution >= 0.6 is 0 Å². The van der Waals surface area contributed by atoms with Crippen molar-refractivity contribution in [3.8, 4) is 44.7 Å². The molecule has 0 bridgehead atoms. The van der Waals surface area contributed by atoms with Crippen LogP contribution in [0, 0.1) is 0 Å².